The average molecular weight is 321 g/mol. The highest BCUT2D eigenvalue weighted by Crippen LogP contribution is 2.25. The van der Waals surface area contributed by atoms with Gasteiger partial charge >= 0.3 is 5.97 Å². The van der Waals surface area contributed by atoms with Crippen molar-refractivity contribution in [2.24, 2.45) is 0 Å². The summed E-state index contributed by atoms with van der Waals surface area (Å²) in [5.74, 6) is 0.0698. The normalized spacial score (nSPS) is 11.8. The quantitative estimate of drug-likeness (QED) is 0.881. The summed E-state index contributed by atoms with van der Waals surface area (Å²) in [4.78, 5) is 11.5. The smallest absolute Gasteiger partial charge is 0.345 e. The van der Waals surface area contributed by atoms with Crippen LogP contribution in [0, 0.1) is 6.92 Å². The summed E-state index contributed by atoms with van der Waals surface area (Å²) in [7, 11) is 1.53. The first-order valence-electron chi connectivity index (χ1n) is 6.78. The number of benzene rings is 2. The van der Waals surface area contributed by atoms with E-state index in [2.05, 4.69) is 0 Å². The fourth-order valence-electron chi connectivity index (χ4n) is 2.14. The molecule has 0 aliphatic heterocycles. The molecule has 0 amide bonds. The van der Waals surface area contributed by atoms with Crippen LogP contribution in [0.5, 0.6) is 11.5 Å². The van der Waals surface area contributed by atoms with E-state index in [1.807, 2.05) is 19.1 Å². The van der Waals surface area contributed by atoms with Gasteiger partial charge in [-0.05, 0) is 48.4 Å². The molecule has 22 heavy (non-hydrogen) atoms. The van der Waals surface area contributed by atoms with Crippen LogP contribution in [-0.4, -0.2) is 24.3 Å². The Kier molecular flexibility index (Phi) is 5.28. The zero-order valence-electron chi connectivity index (χ0n) is 12.4. The lowest BCUT2D eigenvalue weighted by Crippen LogP contribution is -2.29. The van der Waals surface area contributed by atoms with Gasteiger partial charge in [-0.3, -0.25) is 0 Å². The number of carboxylic acid groups (broad SMARTS) is 1. The molecular weight excluding hydrogens is 304 g/mol. The molecule has 5 heteroatoms. The molecule has 0 aromatic heterocycles. The standard InChI is InChI=1S/C17H17ClO4/c1-11-4-3-5-14(8-11)22-16(17(19)20)10-12-9-13(18)6-7-15(12)21-2/h3-9,16H,10H2,1-2H3,(H,19,20)/t16-/m1/s1. The zero-order chi connectivity index (χ0) is 16.1. The lowest BCUT2D eigenvalue weighted by atomic mass is 10.1. The predicted molar refractivity (Wildman–Crippen MR) is 84.9 cm³/mol. The second kappa shape index (κ2) is 7.18. The van der Waals surface area contributed by atoms with Gasteiger partial charge in [-0.15, -0.1) is 0 Å². The Morgan fingerprint density at radius 2 is 2.05 bits per heavy atom. The summed E-state index contributed by atoms with van der Waals surface area (Å²) in [6, 6.07) is 12.4. The van der Waals surface area contributed by atoms with Gasteiger partial charge in [-0.2, -0.15) is 0 Å². The van der Waals surface area contributed by atoms with Crippen molar-refractivity contribution in [3.8, 4) is 11.5 Å². The summed E-state index contributed by atoms with van der Waals surface area (Å²) in [5.41, 5.74) is 1.69. The van der Waals surface area contributed by atoms with E-state index in [-0.39, 0.29) is 6.42 Å². The Morgan fingerprint density at radius 1 is 1.27 bits per heavy atom. The Balaban J connectivity index is 2.22. The third-order valence-corrected chi connectivity index (χ3v) is 3.43. The van der Waals surface area contributed by atoms with Gasteiger partial charge in [0.05, 0.1) is 7.11 Å². The number of hydrogen-bond acceptors (Lipinski definition) is 3. The molecule has 0 aliphatic rings. The second-order valence-electron chi connectivity index (χ2n) is 4.92. The molecule has 0 aliphatic carbocycles. The number of ether oxygens (including phenoxy) is 2. The van der Waals surface area contributed by atoms with E-state index in [1.54, 1.807) is 30.3 Å². The predicted octanol–water partition coefficient (Wildman–Crippen LogP) is 3.73. The van der Waals surface area contributed by atoms with E-state index in [4.69, 9.17) is 21.1 Å². The van der Waals surface area contributed by atoms with Crippen LogP contribution < -0.4 is 9.47 Å². The molecule has 0 unspecified atom stereocenters. The topological polar surface area (TPSA) is 55.8 Å². The van der Waals surface area contributed by atoms with Crippen molar-refractivity contribution in [1.82, 2.24) is 0 Å². The molecule has 0 fully saturated rings. The summed E-state index contributed by atoms with van der Waals surface area (Å²) in [5, 5.41) is 9.92. The van der Waals surface area contributed by atoms with Crippen molar-refractivity contribution in [2.75, 3.05) is 7.11 Å². The number of carboxylic acids is 1. The van der Waals surface area contributed by atoms with Crippen molar-refractivity contribution < 1.29 is 19.4 Å². The molecule has 2 aromatic rings. The van der Waals surface area contributed by atoms with E-state index >= 15 is 0 Å². The van der Waals surface area contributed by atoms with Gasteiger partial charge in [-0.25, -0.2) is 4.79 Å². The highest BCUT2D eigenvalue weighted by Gasteiger charge is 2.22. The zero-order valence-corrected chi connectivity index (χ0v) is 13.1. The maximum Gasteiger partial charge on any atom is 0.345 e. The number of carbonyl (C=O) groups is 1. The highest BCUT2D eigenvalue weighted by molar-refractivity contribution is 6.30. The van der Waals surface area contributed by atoms with Gasteiger partial charge < -0.3 is 14.6 Å². The number of hydrogen-bond donors (Lipinski definition) is 1. The minimum atomic E-state index is -1.04. The van der Waals surface area contributed by atoms with Crippen LogP contribution in [-0.2, 0) is 11.2 Å². The van der Waals surface area contributed by atoms with Crippen molar-refractivity contribution in [3.05, 3.63) is 58.6 Å². The van der Waals surface area contributed by atoms with Crippen LogP contribution in [0.15, 0.2) is 42.5 Å². The summed E-state index contributed by atoms with van der Waals surface area (Å²) in [6.45, 7) is 1.92. The fourth-order valence-corrected chi connectivity index (χ4v) is 2.33. The molecule has 116 valence electrons. The van der Waals surface area contributed by atoms with Gasteiger partial charge in [0, 0.05) is 11.4 Å². The molecule has 0 saturated heterocycles. The lowest BCUT2D eigenvalue weighted by Gasteiger charge is -2.17. The molecule has 0 saturated carbocycles. The Bertz CT molecular complexity index is 669. The van der Waals surface area contributed by atoms with Crippen molar-refractivity contribution in [3.63, 3.8) is 0 Å². The van der Waals surface area contributed by atoms with Crippen LogP contribution in [0.2, 0.25) is 5.02 Å². The number of methoxy groups -OCH3 is 1. The maximum absolute atomic E-state index is 11.5. The third kappa shape index (κ3) is 4.15. The molecular formula is C17H17ClO4. The Morgan fingerprint density at radius 3 is 2.68 bits per heavy atom. The van der Waals surface area contributed by atoms with Crippen LogP contribution in [0.1, 0.15) is 11.1 Å². The second-order valence-corrected chi connectivity index (χ2v) is 5.36. The molecule has 0 heterocycles. The lowest BCUT2D eigenvalue weighted by molar-refractivity contribution is -0.145. The highest BCUT2D eigenvalue weighted by atomic mass is 35.5. The van der Waals surface area contributed by atoms with Gasteiger partial charge in [0.2, 0.25) is 0 Å². The summed E-state index contributed by atoms with van der Waals surface area (Å²) >= 11 is 5.97. The first-order valence-corrected chi connectivity index (χ1v) is 7.16. The molecule has 1 N–H and O–H groups in total. The van der Waals surface area contributed by atoms with Gasteiger partial charge in [0.1, 0.15) is 11.5 Å². The van der Waals surface area contributed by atoms with Gasteiger partial charge in [-0.1, -0.05) is 23.7 Å². The number of halogens is 1. The number of aliphatic carboxylic acids is 1. The Labute approximate surface area is 134 Å². The molecule has 2 aromatic carbocycles. The number of aryl methyl sites for hydroxylation is 1. The fraction of sp³-hybridized carbons (Fsp3) is 0.235. The van der Waals surface area contributed by atoms with E-state index < -0.39 is 12.1 Å². The summed E-state index contributed by atoms with van der Waals surface area (Å²) in [6.07, 6.45) is -0.860. The molecule has 1 atom stereocenters. The summed E-state index contributed by atoms with van der Waals surface area (Å²) < 4.78 is 10.8. The largest absolute Gasteiger partial charge is 0.496 e. The van der Waals surface area contributed by atoms with E-state index in [1.165, 1.54) is 7.11 Å². The van der Waals surface area contributed by atoms with E-state index in [0.29, 0.717) is 22.1 Å². The average Bonchev–Trinajstić information content (AvgIpc) is 2.47. The van der Waals surface area contributed by atoms with Crippen LogP contribution in [0.25, 0.3) is 0 Å². The van der Waals surface area contributed by atoms with Crippen molar-refractivity contribution in [2.45, 2.75) is 19.4 Å². The maximum atomic E-state index is 11.5. The minimum absolute atomic E-state index is 0.160. The van der Waals surface area contributed by atoms with Gasteiger partial charge in [0.15, 0.2) is 6.10 Å². The van der Waals surface area contributed by atoms with E-state index in [0.717, 1.165) is 5.56 Å². The van der Waals surface area contributed by atoms with Crippen molar-refractivity contribution in [1.29, 1.82) is 0 Å². The van der Waals surface area contributed by atoms with Crippen LogP contribution >= 0.6 is 11.6 Å². The molecule has 4 nitrogen and oxygen atoms in total. The molecule has 0 radical (unpaired) electrons. The van der Waals surface area contributed by atoms with Crippen LogP contribution in [0.4, 0.5) is 0 Å². The molecule has 0 bridgehead atoms. The minimum Gasteiger partial charge on any atom is -0.496 e. The molecule has 0 spiro atoms. The first-order chi connectivity index (χ1) is 10.5. The SMILES string of the molecule is COc1ccc(Cl)cc1C[C@@H](Oc1cccc(C)c1)C(=O)O. The Hall–Kier alpha value is -2.20. The van der Waals surface area contributed by atoms with Crippen LogP contribution in [0.3, 0.4) is 0 Å². The monoisotopic (exact) mass is 320 g/mol. The van der Waals surface area contributed by atoms with Crippen molar-refractivity contribution >= 4 is 17.6 Å². The molecule has 2 rings (SSSR count). The van der Waals surface area contributed by atoms with Gasteiger partial charge in [0.25, 0.3) is 0 Å². The first kappa shape index (κ1) is 16.2. The van der Waals surface area contributed by atoms with E-state index in [9.17, 15) is 9.90 Å². The number of rotatable bonds is 6. The third-order valence-electron chi connectivity index (χ3n) is 3.19.